The molecule has 0 radical (unpaired) electrons. The molecular formula is C18H27BrN2O2. The molecule has 2 rings (SSSR count). The molecule has 0 aliphatic heterocycles. The number of hydrogen-bond acceptors (Lipinski definition) is 3. The van der Waals surface area contributed by atoms with Gasteiger partial charge in [-0.1, -0.05) is 25.8 Å². The van der Waals surface area contributed by atoms with Crippen molar-refractivity contribution in [2.75, 3.05) is 13.7 Å². The van der Waals surface area contributed by atoms with Gasteiger partial charge in [0.25, 0.3) is 0 Å². The summed E-state index contributed by atoms with van der Waals surface area (Å²) in [5.74, 6) is 1.48. The van der Waals surface area contributed by atoms with Crippen molar-refractivity contribution >= 4 is 21.8 Å². The minimum atomic E-state index is 0.0863. The number of ether oxygens (including phenoxy) is 1. The van der Waals surface area contributed by atoms with Crippen LogP contribution in [-0.2, 0) is 4.79 Å². The van der Waals surface area contributed by atoms with Crippen LogP contribution in [0, 0.1) is 5.92 Å². The lowest BCUT2D eigenvalue weighted by Gasteiger charge is -2.29. The van der Waals surface area contributed by atoms with Crippen molar-refractivity contribution in [1.29, 1.82) is 0 Å². The van der Waals surface area contributed by atoms with E-state index >= 15 is 0 Å². The van der Waals surface area contributed by atoms with Crippen LogP contribution in [0.1, 0.15) is 51.1 Å². The molecule has 3 atom stereocenters. The summed E-state index contributed by atoms with van der Waals surface area (Å²) in [6.45, 7) is 4.63. The van der Waals surface area contributed by atoms with Crippen molar-refractivity contribution in [1.82, 2.24) is 10.6 Å². The molecule has 0 heterocycles. The van der Waals surface area contributed by atoms with Crippen molar-refractivity contribution in [3.05, 3.63) is 28.2 Å². The Hall–Kier alpha value is -1.07. The normalized spacial score (nSPS) is 22.4. The van der Waals surface area contributed by atoms with E-state index in [9.17, 15) is 4.79 Å². The first kappa shape index (κ1) is 18.3. The maximum atomic E-state index is 12.2. The molecule has 128 valence electrons. The van der Waals surface area contributed by atoms with Gasteiger partial charge in [-0.05, 0) is 59.3 Å². The molecule has 1 aliphatic rings. The van der Waals surface area contributed by atoms with E-state index in [-0.39, 0.29) is 11.9 Å². The number of methoxy groups -OCH3 is 1. The maximum Gasteiger partial charge on any atom is 0.234 e. The highest BCUT2D eigenvalue weighted by Crippen LogP contribution is 2.28. The lowest BCUT2D eigenvalue weighted by atomic mass is 9.86. The summed E-state index contributed by atoms with van der Waals surface area (Å²) in [7, 11) is 1.65. The summed E-state index contributed by atoms with van der Waals surface area (Å²) in [6, 6.07) is 6.41. The Morgan fingerprint density at radius 2 is 2.13 bits per heavy atom. The predicted octanol–water partition coefficient (Wildman–Crippen LogP) is 3.80. The average molecular weight is 383 g/mol. The minimum Gasteiger partial charge on any atom is -0.496 e. The lowest BCUT2D eigenvalue weighted by molar-refractivity contribution is -0.121. The Balaban J connectivity index is 1.82. The number of rotatable bonds is 6. The Kier molecular flexibility index (Phi) is 6.90. The number of nitrogens with one attached hydrogen (secondary N) is 2. The molecule has 0 saturated heterocycles. The molecule has 1 amide bonds. The fourth-order valence-corrected chi connectivity index (χ4v) is 3.66. The van der Waals surface area contributed by atoms with Crippen LogP contribution in [0.3, 0.4) is 0 Å². The minimum absolute atomic E-state index is 0.0863. The van der Waals surface area contributed by atoms with Crippen molar-refractivity contribution in [3.8, 4) is 5.75 Å². The quantitative estimate of drug-likeness (QED) is 0.786. The number of amides is 1. The molecule has 1 fully saturated rings. The summed E-state index contributed by atoms with van der Waals surface area (Å²) in [5.41, 5.74) is 1.12. The summed E-state index contributed by atoms with van der Waals surface area (Å²) in [6.07, 6.45) is 4.83. The zero-order chi connectivity index (χ0) is 16.8. The molecule has 1 saturated carbocycles. The van der Waals surface area contributed by atoms with E-state index in [2.05, 4.69) is 40.4 Å². The molecule has 5 heteroatoms. The molecule has 4 nitrogen and oxygen atoms in total. The van der Waals surface area contributed by atoms with Gasteiger partial charge in [0.1, 0.15) is 5.75 Å². The van der Waals surface area contributed by atoms with E-state index in [1.165, 1.54) is 19.3 Å². The van der Waals surface area contributed by atoms with Crippen molar-refractivity contribution in [3.63, 3.8) is 0 Å². The number of halogens is 1. The lowest BCUT2D eigenvalue weighted by Crippen LogP contribution is -2.45. The van der Waals surface area contributed by atoms with Gasteiger partial charge in [0.2, 0.25) is 5.91 Å². The Morgan fingerprint density at radius 3 is 2.78 bits per heavy atom. The number of carbonyl (C=O) groups is 1. The zero-order valence-corrected chi connectivity index (χ0v) is 15.8. The van der Waals surface area contributed by atoms with Crippen molar-refractivity contribution < 1.29 is 9.53 Å². The molecule has 1 aliphatic carbocycles. The largest absolute Gasteiger partial charge is 0.496 e. The molecular weight excluding hydrogens is 356 g/mol. The van der Waals surface area contributed by atoms with Gasteiger partial charge in [-0.2, -0.15) is 0 Å². The molecule has 1 aromatic rings. The second-order valence-corrected chi connectivity index (χ2v) is 7.29. The highest BCUT2D eigenvalue weighted by molar-refractivity contribution is 9.10. The SMILES string of the molecule is COc1ccc(C(C)NCC(=O)NC2CCCCC2C)cc1Br. The van der Waals surface area contributed by atoms with Crippen LogP contribution in [0.5, 0.6) is 5.75 Å². The first-order valence-corrected chi connectivity index (χ1v) is 9.16. The topological polar surface area (TPSA) is 50.4 Å². The third-order valence-electron chi connectivity index (χ3n) is 4.70. The van der Waals surface area contributed by atoms with Gasteiger partial charge < -0.3 is 15.4 Å². The van der Waals surface area contributed by atoms with E-state index in [1.54, 1.807) is 7.11 Å². The van der Waals surface area contributed by atoms with E-state index < -0.39 is 0 Å². The second-order valence-electron chi connectivity index (χ2n) is 6.43. The highest BCUT2D eigenvalue weighted by atomic mass is 79.9. The van der Waals surface area contributed by atoms with E-state index in [0.717, 1.165) is 22.2 Å². The fourth-order valence-electron chi connectivity index (χ4n) is 3.10. The van der Waals surface area contributed by atoms with Gasteiger partial charge in [-0.15, -0.1) is 0 Å². The van der Waals surface area contributed by atoms with Gasteiger partial charge in [0.05, 0.1) is 18.1 Å². The summed E-state index contributed by atoms with van der Waals surface area (Å²) in [5, 5.41) is 6.47. The van der Waals surface area contributed by atoms with E-state index in [1.807, 2.05) is 18.2 Å². The van der Waals surface area contributed by atoms with Crippen LogP contribution in [0.15, 0.2) is 22.7 Å². The standard InChI is InChI=1S/C18H27BrN2O2/c1-12-6-4-5-7-16(12)21-18(22)11-20-13(2)14-8-9-17(23-3)15(19)10-14/h8-10,12-13,16,20H,4-7,11H2,1-3H3,(H,21,22). The Morgan fingerprint density at radius 1 is 1.39 bits per heavy atom. The smallest absolute Gasteiger partial charge is 0.234 e. The number of carbonyl (C=O) groups excluding carboxylic acids is 1. The van der Waals surface area contributed by atoms with Crippen LogP contribution < -0.4 is 15.4 Å². The van der Waals surface area contributed by atoms with Gasteiger partial charge >= 0.3 is 0 Å². The molecule has 0 spiro atoms. The maximum absolute atomic E-state index is 12.2. The molecule has 0 aromatic heterocycles. The van der Waals surface area contributed by atoms with Gasteiger partial charge in [0, 0.05) is 12.1 Å². The third kappa shape index (κ3) is 5.21. The van der Waals surface area contributed by atoms with E-state index in [0.29, 0.717) is 18.5 Å². The van der Waals surface area contributed by atoms with Crippen LogP contribution in [0.4, 0.5) is 0 Å². The number of benzene rings is 1. The van der Waals surface area contributed by atoms with Crippen LogP contribution >= 0.6 is 15.9 Å². The van der Waals surface area contributed by atoms with Crippen LogP contribution in [0.2, 0.25) is 0 Å². The molecule has 2 N–H and O–H groups in total. The van der Waals surface area contributed by atoms with Crippen molar-refractivity contribution in [2.45, 2.75) is 51.6 Å². The first-order chi connectivity index (χ1) is 11.0. The Labute approximate surface area is 147 Å². The molecule has 0 bridgehead atoms. The highest BCUT2D eigenvalue weighted by Gasteiger charge is 2.22. The summed E-state index contributed by atoms with van der Waals surface area (Å²) < 4.78 is 6.16. The van der Waals surface area contributed by atoms with Crippen LogP contribution in [-0.4, -0.2) is 25.6 Å². The summed E-state index contributed by atoms with van der Waals surface area (Å²) in [4.78, 5) is 12.2. The second kappa shape index (κ2) is 8.69. The molecule has 3 unspecified atom stereocenters. The third-order valence-corrected chi connectivity index (χ3v) is 5.32. The predicted molar refractivity (Wildman–Crippen MR) is 96.7 cm³/mol. The Bertz CT molecular complexity index is 536. The fraction of sp³-hybridized carbons (Fsp3) is 0.611. The summed E-state index contributed by atoms with van der Waals surface area (Å²) >= 11 is 3.50. The van der Waals surface area contributed by atoms with Crippen LogP contribution in [0.25, 0.3) is 0 Å². The van der Waals surface area contributed by atoms with E-state index in [4.69, 9.17) is 4.74 Å². The number of hydrogen-bond donors (Lipinski definition) is 2. The monoisotopic (exact) mass is 382 g/mol. The van der Waals surface area contributed by atoms with Gasteiger partial charge in [-0.3, -0.25) is 4.79 Å². The zero-order valence-electron chi connectivity index (χ0n) is 14.2. The molecule has 1 aromatic carbocycles. The first-order valence-electron chi connectivity index (χ1n) is 8.37. The van der Waals surface area contributed by atoms with Crippen molar-refractivity contribution in [2.24, 2.45) is 5.92 Å². The molecule has 23 heavy (non-hydrogen) atoms. The van der Waals surface area contributed by atoms with Gasteiger partial charge in [0.15, 0.2) is 0 Å². The van der Waals surface area contributed by atoms with Gasteiger partial charge in [-0.25, -0.2) is 0 Å². The average Bonchev–Trinajstić information content (AvgIpc) is 2.54.